The number of amides is 1. The van der Waals surface area contributed by atoms with Gasteiger partial charge in [-0.3, -0.25) is 4.79 Å². The maximum Gasteiger partial charge on any atom is 0.271 e. The minimum Gasteiger partial charge on any atom is -0.494 e. The van der Waals surface area contributed by atoms with Crippen LogP contribution in [-0.2, 0) is 0 Å². The van der Waals surface area contributed by atoms with E-state index in [4.69, 9.17) is 16.3 Å². The Kier molecular flexibility index (Phi) is 6.63. The predicted molar refractivity (Wildman–Crippen MR) is 93.4 cm³/mol. The van der Waals surface area contributed by atoms with Gasteiger partial charge in [-0.05, 0) is 36.8 Å². The van der Waals surface area contributed by atoms with E-state index in [1.807, 2.05) is 18.2 Å². The molecule has 0 fully saturated rings. The van der Waals surface area contributed by atoms with Crippen molar-refractivity contribution >= 4 is 23.7 Å². The van der Waals surface area contributed by atoms with Crippen LogP contribution in [0.4, 0.5) is 0 Å². The molecule has 2 aromatic carbocycles. The molecule has 2 aromatic rings. The van der Waals surface area contributed by atoms with Gasteiger partial charge in [-0.2, -0.15) is 5.10 Å². The Labute approximate surface area is 141 Å². The Hall–Kier alpha value is -2.33. The first-order chi connectivity index (χ1) is 11.2. The Balaban J connectivity index is 1.89. The van der Waals surface area contributed by atoms with Gasteiger partial charge in [0.05, 0.1) is 12.8 Å². The van der Waals surface area contributed by atoms with Crippen LogP contribution in [0.5, 0.6) is 5.75 Å². The van der Waals surface area contributed by atoms with Gasteiger partial charge in [0, 0.05) is 16.1 Å². The van der Waals surface area contributed by atoms with Crippen LogP contribution in [0.3, 0.4) is 0 Å². The van der Waals surface area contributed by atoms with E-state index in [0.717, 1.165) is 24.2 Å². The summed E-state index contributed by atoms with van der Waals surface area (Å²) >= 11 is 6.01. The Morgan fingerprint density at radius 3 is 2.65 bits per heavy atom. The normalized spacial score (nSPS) is 10.7. The molecule has 0 aliphatic heterocycles. The second-order valence-electron chi connectivity index (χ2n) is 4.95. The van der Waals surface area contributed by atoms with E-state index in [9.17, 15) is 4.79 Å². The molecule has 0 unspecified atom stereocenters. The first-order valence-corrected chi connectivity index (χ1v) is 7.89. The number of hydrogen-bond acceptors (Lipinski definition) is 3. The zero-order valence-electron chi connectivity index (χ0n) is 13.0. The summed E-state index contributed by atoms with van der Waals surface area (Å²) in [5.74, 6) is 0.475. The average molecular weight is 331 g/mol. The number of hydrazone groups is 1. The number of benzene rings is 2. The zero-order valence-corrected chi connectivity index (χ0v) is 13.7. The third-order valence-corrected chi connectivity index (χ3v) is 3.50. The molecule has 5 heteroatoms. The number of hydrogen-bond donors (Lipinski definition) is 1. The van der Waals surface area contributed by atoms with Crippen LogP contribution in [0.25, 0.3) is 0 Å². The van der Waals surface area contributed by atoms with Crippen LogP contribution in [0, 0.1) is 0 Å². The van der Waals surface area contributed by atoms with Gasteiger partial charge in [0.2, 0.25) is 0 Å². The number of nitrogens with zero attached hydrogens (tertiary/aromatic N) is 1. The number of nitrogens with one attached hydrogen (secondary N) is 1. The number of rotatable bonds is 7. The van der Waals surface area contributed by atoms with E-state index >= 15 is 0 Å². The van der Waals surface area contributed by atoms with Gasteiger partial charge < -0.3 is 4.74 Å². The van der Waals surface area contributed by atoms with E-state index in [1.165, 1.54) is 6.21 Å². The summed E-state index contributed by atoms with van der Waals surface area (Å²) in [5.41, 5.74) is 3.74. The number of unbranched alkanes of at least 4 members (excludes halogenated alkanes) is 1. The van der Waals surface area contributed by atoms with Crippen molar-refractivity contribution < 1.29 is 9.53 Å². The number of halogens is 1. The first-order valence-electron chi connectivity index (χ1n) is 7.51. The maximum atomic E-state index is 12.0. The molecule has 0 bridgehead atoms. The molecular formula is C18H19ClN2O2. The van der Waals surface area contributed by atoms with Crippen LogP contribution in [0.2, 0.25) is 5.02 Å². The van der Waals surface area contributed by atoms with Gasteiger partial charge >= 0.3 is 0 Å². The van der Waals surface area contributed by atoms with Crippen molar-refractivity contribution in [3.63, 3.8) is 0 Å². The fourth-order valence-corrected chi connectivity index (χ4v) is 2.03. The molecule has 120 valence electrons. The molecule has 1 amide bonds. The molecule has 0 spiro atoms. The average Bonchev–Trinajstić information content (AvgIpc) is 2.57. The molecule has 23 heavy (non-hydrogen) atoms. The Morgan fingerprint density at radius 1 is 1.22 bits per heavy atom. The number of carbonyl (C=O) groups excluding carboxylic acids is 1. The van der Waals surface area contributed by atoms with Crippen molar-refractivity contribution in [3.05, 3.63) is 64.7 Å². The molecule has 4 nitrogen and oxygen atoms in total. The number of carbonyl (C=O) groups is 1. The minimum atomic E-state index is -0.284. The van der Waals surface area contributed by atoms with E-state index in [2.05, 4.69) is 17.5 Å². The van der Waals surface area contributed by atoms with Crippen molar-refractivity contribution in [2.45, 2.75) is 19.8 Å². The Bertz CT molecular complexity index is 669. The van der Waals surface area contributed by atoms with E-state index in [-0.39, 0.29) is 5.91 Å². The van der Waals surface area contributed by atoms with Crippen molar-refractivity contribution in [1.29, 1.82) is 0 Å². The fraction of sp³-hybridized carbons (Fsp3) is 0.222. The van der Waals surface area contributed by atoms with Crippen molar-refractivity contribution in [2.75, 3.05) is 6.61 Å². The Morgan fingerprint density at radius 2 is 1.96 bits per heavy atom. The topological polar surface area (TPSA) is 50.7 Å². The predicted octanol–water partition coefficient (Wildman–Crippen LogP) is 4.28. The van der Waals surface area contributed by atoms with E-state index in [0.29, 0.717) is 17.2 Å². The highest BCUT2D eigenvalue weighted by atomic mass is 35.5. The lowest BCUT2D eigenvalue weighted by atomic mass is 10.2. The van der Waals surface area contributed by atoms with Crippen LogP contribution in [-0.4, -0.2) is 18.7 Å². The summed E-state index contributed by atoms with van der Waals surface area (Å²) < 4.78 is 5.56. The summed E-state index contributed by atoms with van der Waals surface area (Å²) in [6, 6.07) is 14.3. The molecule has 0 saturated heterocycles. The summed E-state index contributed by atoms with van der Waals surface area (Å²) in [7, 11) is 0. The summed E-state index contributed by atoms with van der Waals surface area (Å²) in [5, 5.41) is 4.50. The third kappa shape index (κ3) is 5.42. The molecular weight excluding hydrogens is 312 g/mol. The van der Waals surface area contributed by atoms with Crippen molar-refractivity contribution in [3.8, 4) is 5.75 Å². The summed E-state index contributed by atoms with van der Waals surface area (Å²) in [6.07, 6.45) is 3.62. The summed E-state index contributed by atoms with van der Waals surface area (Å²) in [4.78, 5) is 12.0. The molecule has 0 saturated carbocycles. The lowest BCUT2D eigenvalue weighted by Gasteiger charge is -2.06. The summed E-state index contributed by atoms with van der Waals surface area (Å²) in [6.45, 7) is 2.80. The third-order valence-electron chi connectivity index (χ3n) is 3.16. The highest BCUT2D eigenvalue weighted by Gasteiger charge is 2.04. The van der Waals surface area contributed by atoms with E-state index in [1.54, 1.807) is 30.3 Å². The molecule has 0 aromatic heterocycles. The monoisotopic (exact) mass is 330 g/mol. The molecule has 1 N–H and O–H groups in total. The second kappa shape index (κ2) is 8.96. The zero-order chi connectivity index (χ0) is 16.5. The minimum absolute atomic E-state index is 0.284. The van der Waals surface area contributed by atoms with Crippen molar-refractivity contribution in [2.24, 2.45) is 5.10 Å². The highest BCUT2D eigenvalue weighted by Crippen LogP contribution is 2.13. The smallest absolute Gasteiger partial charge is 0.271 e. The first kappa shape index (κ1) is 17.0. The quantitative estimate of drug-likeness (QED) is 0.468. The second-order valence-corrected chi connectivity index (χ2v) is 5.35. The fourth-order valence-electron chi connectivity index (χ4n) is 1.84. The van der Waals surface area contributed by atoms with Gasteiger partial charge in [0.1, 0.15) is 5.75 Å². The van der Waals surface area contributed by atoms with Crippen LogP contribution < -0.4 is 10.2 Å². The van der Waals surface area contributed by atoms with Gasteiger partial charge in [-0.15, -0.1) is 0 Å². The lowest BCUT2D eigenvalue weighted by Crippen LogP contribution is -2.17. The molecule has 0 atom stereocenters. The largest absolute Gasteiger partial charge is 0.494 e. The molecule has 0 heterocycles. The molecule has 0 radical (unpaired) electrons. The van der Waals surface area contributed by atoms with Gasteiger partial charge in [-0.1, -0.05) is 43.1 Å². The van der Waals surface area contributed by atoms with Crippen LogP contribution >= 0.6 is 11.6 Å². The number of ether oxygens (including phenoxy) is 1. The van der Waals surface area contributed by atoms with Crippen LogP contribution in [0.15, 0.2) is 53.6 Å². The lowest BCUT2D eigenvalue weighted by molar-refractivity contribution is 0.0955. The van der Waals surface area contributed by atoms with E-state index < -0.39 is 0 Å². The highest BCUT2D eigenvalue weighted by molar-refractivity contribution is 6.33. The standard InChI is InChI=1S/C18H19ClN2O2/c1-2-3-12-23-16-10-8-14(9-11-16)18(22)21-20-13-15-6-4-5-7-17(15)19/h4-11,13H,2-3,12H2,1H3,(H,21,22)/b20-13-. The maximum absolute atomic E-state index is 12.0. The van der Waals surface area contributed by atoms with Gasteiger partial charge in [0.25, 0.3) is 5.91 Å². The van der Waals surface area contributed by atoms with Crippen LogP contribution in [0.1, 0.15) is 35.7 Å². The van der Waals surface area contributed by atoms with Gasteiger partial charge in [-0.25, -0.2) is 5.43 Å². The SMILES string of the molecule is CCCCOc1ccc(C(=O)N/N=C\c2ccccc2Cl)cc1. The van der Waals surface area contributed by atoms with Gasteiger partial charge in [0.15, 0.2) is 0 Å². The molecule has 0 aliphatic rings. The van der Waals surface area contributed by atoms with Crippen molar-refractivity contribution in [1.82, 2.24) is 5.43 Å². The molecule has 2 rings (SSSR count). The molecule has 0 aliphatic carbocycles.